The van der Waals surface area contributed by atoms with Crippen molar-refractivity contribution in [2.75, 3.05) is 0 Å². The van der Waals surface area contributed by atoms with E-state index in [1.165, 1.54) is 0 Å². The van der Waals surface area contributed by atoms with Gasteiger partial charge in [-0.15, -0.1) is 0 Å². The van der Waals surface area contributed by atoms with Crippen LogP contribution in [0.2, 0.25) is 0 Å². The van der Waals surface area contributed by atoms with E-state index in [0.717, 1.165) is 41.3 Å². The van der Waals surface area contributed by atoms with Crippen LogP contribution in [-0.2, 0) is 15.6 Å². The molecule has 0 aliphatic heterocycles. The molecule has 0 heterocycles. The lowest BCUT2D eigenvalue weighted by Crippen LogP contribution is -2.65. The predicted molar refractivity (Wildman–Crippen MR) is 162 cm³/mol. The molecule has 0 amide bonds. The summed E-state index contributed by atoms with van der Waals surface area (Å²) in [5.74, 6) is -0.382. The zero-order chi connectivity index (χ0) is 29.2. The van der Waals surface area contributed by atoms with Gasteiger partial charge >= 0.3 is 5.97 Å². The fraction of sp³-hybridized carbons (Fsp3) is 0.844. The SMILES string of the molecule is CC(C)=C(Br)CC/C(C(=O)O)=C1/[C@@H](S(=O)C(C)C)C[C@@]2(C)[C@H]1C[C@@H](O)C1[C@]2(C)CC[C@H]2[C@H](C)[C@H](O)CC[C@]12C. The van der Waals surface area contributed by atoms with Crippen LogP contribution in [0.3, 0.4) is 0 Å². The number of hydrogen-bond donors (Lipinski definition) is 3. The number of carbonyl (C=O) groups is 1. The smallest absolute Gasteiger partial charge is 0.331 e. The lowest BCUT2D eigenvalue weighted by Gasteiger charge is -2.69. The van der Waals surface area contributed by atoms with E-state index in [0.29, 0.717) is 37.2 Å². The van der Waals surface area contributed by atoms with Crippen molar-refractivity contribution in [2.24, 2.45) is 39.9 Å². The van der Waals surface area contributed by atoms with Gasteiger partial charge in [-0.05, 0) is 115 Å². The van der Waals surface area contributed by atoms with Gasteiger partial charge in [0.05, 0.1) is 17.5 Å². The van der Waals surface area contributed by atoms with Crippen molar-refractivity contribution in [2.45, 2.75) is 129 Å². The summed E-state index contributed by atoms with van der Waals surface area (Å²) in [7, 11) is -1.21. The summed E-state index contributed by atoms with van der Waals surface area (Å²) in [6.45, 7) is 17.2. The van der Waals surface area contributed by atoms with E-state index in [-0.39, 0.29) is 50.6 Å². The van der Waals surface area contributed by atoms with Gasteiger partial charge < -0.3 is 15.3 Å². The van der Waals surface area contributed by atoms with Gasteiger partial charge in [-0.1, -0.05) is 63.0 Å². The monoisotopic (exact) mass is 626 g/mol. The molecule has 7 heteroatoms. The zero-order valence-corrected chi connectivity index (χ0v) is 27.6. The van der Waals surface area contributed by atoms with E-state index in [1.807, 2.05) is 27.7 Å². The normalized spacial score (nSPS) is 45.7. The molecule has 5 nitrogen and oxygen atoms in total. The Bertz CT molecular complexity index is 1080. The molecule has 0 aromatic rings. The molecule has 2 unspecified atom stereocenters. The second-order valence-corrected chi connectivity index (χ2v) is 17.6. The van der Waals surface area contributed by atoms with E-state index in [2.05, 4.69) is 43.6 Å². The summed E-state index contributed by atoms with van der Waals surface area (Å²) in [6, 6.07) is 0. The largest absolute Gasteiger partial charge is 0.478 e. The first-order valence-corrected chi connectivity index (χ1v) is 17.1. The Morgan fingerprint density at radius 3 is 2.26 bits per heavy atom. The van der Waals surface area contributed by atoms with Crippen LogP contribution < -0.4 is 0 Å². The summed E-state index contributed by atoms with van der Waals surface area (Å²) < 4.78 is 14.9. The Hall–Kier alpha value is -0.500. The van der Waals surface area contributed by atoms with Gasteiger partial charge in [-0.25, -0.2) is 4.79 Å². The molecule has 0 saturated heterocycles. The molecule has 222 valence electrons. The van der Waals surface area contributed by atoms with Crippen molar-refractivity contribution in [3.8, 4) is 0 Å². The number of aliphatic hydroxyl groups is 2. The number of carboxylic acids is 1. The number of allylic oxidation sites excluding steroid dienone is 2. The highest BCUT2D eigenvalue weighted by molar-refractivity contribution is 9.11. The Balaban J connectivity index is 1.86. The first kappa shape index (κ1) is 31.4. The second kappa shape index (κ2) is 11.0. The molecule has 4 rings (SSSR count). The topological polar surface area (TPSA) is 94.8 Å². The second-order valence-electron chi connectivity index (χ2n) is 14.5. The molecule has 0 radical (unpaired) electrons. The van der Waals surface area contributed by atoms with E-state index < -0.39 is 22.9 Å². The molecule has 0 aromatic carbocycles. The van der Waals surface area contributed by atoms with Crippen molar-refractivity contribution in [1.82, 2.24) is 0 Å². The van der Waals surface area contributed by atoms with Crippen LogP contribution in [0.25, 0.3) is 0 Å². The van der Waals surface area contributed by atoms with Gasteiger partial charge in [0.25, 0.3) is 0 Å². The molecule has 0 aromatic heterocycles. The highest BCUT2D eigenvalue weighted by atomic mass is 79.9. The Labute approximate surface area is 246 Å². The maximum absolute atomic E-state index is 13.9. The number of aliphatic carboxylic acids is 1. The number of fused-ring (bicyclic) bond motifs is 5. The number of carboxylic acid groups (broad SMARTS) is 1. The minimum atomic E-state index is -1.21. The van der Waals surface area contributed by atoms with Crippen LogP contribution >= 0.6 is 15.9 Å². The van der Waals surface area contributed by atoms with Crippen molar-refractivity contribution < 1.29 is 24.3 Å². The van der Waals surface area contributed by atoms with Crippen molar-refractivity contribution in [3.63, 3.8) is 0 Å². The van der Waals surface area contributed by atoms with Crippen LogP contribution in [-0.4, -0.2) is 48.2 Å². The van der Waals surface area contributed by atoms with Gasteiger partial charge in [-0.3, -0.25) is 4.21 Å². The maximum Gasteiger partial charge on any atom is 0.331 e. The average Bonchev–Trinajstić information content (AvgIpc) is 3.14. The van der Waals surface area contributed by atoms with Crippen LogP contribution in [0.15, 0.2) is 21.2 Å². The Morgan fingerprint density at radius 1 is 1.05 bits per heavy atom. The number of hydrogen-bond acceptors (Lipinski definition) is 4. The quantitative estimate of drug-likeness (QED) is 0.276. The van der Waals surface area contributed by atoms with E-state index >= 15 is 0 Å². The van der Waals surface area contributed by atoms with E-state index in [9.17, 15) is 24.3 Å². The summed E-state index contributed by atoms with van der Waals surface area (Å²) in [4.78, 5) is 12.9. The summed E-state index contributed by atoms with van der Waals surface area (Å²) >= 11 is 3.63. The van der Waals surface area contributed by atoms with Crippen LogP contribution in [0.1, 0.15) is 107 Å². The first-order valence-electron chi connectivity index (χ1n) is 15.0. The van der Waals surface area contributed by atoms with Crippen LogP contribution in [0.4, 0.5) is 0 Å². The van der Waals surface area contributed by atoms with Crippen molar-refractivity contribution in [3.05, 3.63) is 21.2 Å². The van der Waals surface area contributed by atoms with E-state index in [4.69, 9.17) is 0 Å². The summed E-state index contributed by atoms with van der Waals surface area (Å²) in [5.41, 5.74) is 1.83. The molecular formula is C32H51BrO5S. The minimum Gasteiger partial charge on any atom is -0.478 e. The first-order chi connectivity index (χ1) is 18.0. The van der Waals surface area contributed by atoms with Crippen molar-refractivity contribution in [1.29, 1.82) is 0 Å². The fourth-order valence-electron chi connectivity index (χ4n) is 10.00. The molecular weight excluding hydrogens is 576 g/mol. The molecule has 3 N–H and O–H groups in total. The third kappa shape index (κ3) is 4.87. The fourth-order valence-corrected chi connectivity index (χ4v) is 11.9. The lowest BCUT2D eigenvalue weighted by atomic mass is 9.36. The minimum absolute atomic E-state index is 0.0699. The molecule has 39 heavy (non-hydrogen) atoms. The highest BCUT2D eigenvalue weighted by Crippen LogP contribution is 2.74. The molecule has 0 spiro atoms. The van der Waals surface area contributed by atoms with Crippen LogP contribution in [0.5, 0.6) is 0 Å². The third-order valence-corrected chi connectivity index (χ3v) is 15.3. The summed E-state index contributed by atoms with van der Waals surface area (Å²) in [6.07, 6.45) is 5.00. The molecule has 4 saturated carbocycles. The lowest BCUT2D eigenvalue weighted by molar-refractivity contribution is -0.233. The standard InChI is InChI=1S/C32H51BrO5S/c1-17(2)23(33)10-9-20(29(36)37)27-22-15-25(35)28-30(6)13-12-24(34)19(5)21(30)11-14-31(28,7)32(22,8)16-26(27)39(38)18(3)4/h18-19,21-22,24-26,28,34-35H,9-16H2,1-8H3,(H,36,37)/b27-20-/t19-,21-,22-,24+,25+,26-,28?,30-,31-,32-,39?/m0/s1. The van der Waals surface area contributed by atoms with Gasteiger partial charge in [0, 0.05) is 21.6 Å². The average molecular weight is 628 g/mol. The maximum atomic E-state index is 13.9. The van der Waals surface area contributed by atoms with Gasteiger partial charge in [0.15, 0.2) is 0 Å². The van der Waals surface area contributed by atoms with Gasteiger partial charge in [0.2, 0.25) is 0 Å². The van der Waals surface area contributed by atoms with E-state index in [1.54, 1.807) is 0 Å². The van der Waals surface area contributed by atoms with Crippen LogP contribution in [0, 0.1) is 39.9 Å². The van der Waals surface area contributed by atoms with Crippen molar-refractivity contribution >= 4 is 32.7 Å². The third-order valence-electron chi connectivity index (χ3n) is 12.2. The highest BCUT2D eigenvalue weighted by Gasteiger charge is 2.70. The molecule has 4 aliphatic carbocycles. The molecule has 11 atom stereocenters. The number of rotatable bonds is 6. The summed E-state index contributed by atoms with van der Waals surface area (Å²) in [5, 5.41) is 32.9. The molecule has 4 fully saturated rings. The number of halogens is 1. The van der Waals surface area contributed by atoms with Gasteiger partial charge in [0.1, 0.15) is 0 Å². The van der Waals surface area contributed by atoms with Gasteiger partial charge in [-0.2, -0.15) is 0 Å². The zero-order valence-electron chi connectivity index (χ0n) is 25.2. The number of aliphatic hydroxyl groups excluding tert-OH is 2. The Kier molecular flexibility index (Phi) is 8.84. The molecule has 4 aliphatic rings. The molecule has 0 bridgehead atoms. The Morgan fingerprint density at radius 2 is 1.69 bits per heavy atom. The predicted octanol–water partition coefficient (Wildman–Crippen LogP) is 6.98.